The number of allylic oxidation sites excluding steroid dienone is 1. The molecule has 0 bridgehead atoms. The third-order valence-electron chi connectivity index (χ3n) is 2.93. The molecule has 1 rings (SSSR count). The zero-order chi connectivity index (χ0) is 14.1. The van der Waals surface area contributed by atoms with Gasteiger partial charge in [0.2, 0.25) is 0 Å². The maximum absolute atomic E-state index is 9.56. The highest BCUT2D eigenvalue weighted by molar-refractivity contribution is 5.13. The van der Waals surface area contributed by atoms with Crippen molar-refractivity contribution in [3.8, 4) is 0 Å². The molecule has 1 aromatic carbocycles. The van der Waals surface area contributed by atoms with Gasteiger partial charge in [-0.1, -0.05) is 49.4 Å². The van der Waals surface area contributed by atoms with Gasteiger partial charge in [-0.05, 0) is 38.2 Å². The van der Waals surface area contributed by atoms with E-state index in [0.717, 1.165) is 19.4 Å². The minimum absolute atomic E-state index is 0.578. The standard InChI is InChI=1S/C17H26O2/c1-15(8-7-12-17(2,3)18)11-13-19-14-16-9-5-4-6-10-16/h4-7,9-10,12,15,18H,8,11,13-14H2,1-3H3. The fourth-order valence-corrected chi connectivity index (χ4v) is 1.76. The van der Waals surface area contributed by atoms with Gasteiger partial charge in [0, 0.05) is 6.61 Å². The Morgan fingerprint density at radius 1 is 1.26 bits per heavy atom. The Kier molecular flexibility index (Phi) is 6.82. The molecule has 1 unspecified atom stereocenters. The van der Waals surface area contributed by atoms with Crippen LogP contribution in [0.15, 0.2) is 42.5 Å². The van der Waals surface area contributed by atoms with Crippen molar-refractivity contribution in [2.75, 3.05) is 6.61 Å². The van der Waals surface area contributed by atoms with Crippen molar-refractivity contribution in [3.63, 3.8) is 0 Å². The monoisotopic (exact) mass is 262 g/mol. The molecule has 2 nitrogen and oxygen atoms in total. The van der Waals surface area contributed by atoms with Gasteiger partial charge in [0.25, 0.3) is 0 Å². The van der Waals surface area contributed by atoms with E-state index in [1.54, 1.807) is 13.8 Å². The van der Waals surface area contributed by atoms with Crippen LogP contribution in [0.3, 0.4) is 0 Å². The smallest absolute Gasteiger partial charge is 0.0771 e. The summed E-state index contributed by atoms with van der Waals surface area (Å²) in [6.07, 6.45) is 5.94. The molecule has 2 heteroatoms. The van der Waals surface area contributed by atoms with Gasteiger partial charge in [0.15, 0.2) is 0 Å². The van der Waals surface area contributed by atoms with Gasteiger partial charge in [-0.2, -0.15) is 0 Å². The normalized spacial score (nSPS) is 13.9. The zero-order valence-electron chi connectivity index (χ0n) is 12.3. The number of hydrogen-bond donors (Lipinski definition) is 1. The summed E-state index contributed by atoms with van der Waals surface area (Å²) in [6.45, 7) is 7.26. The molecular formula is C17H26O2. The highest BCUT2D eigenvalue weighted by Crippen LogP contribution is 2.11. The van der Waals surface area contributed by atoms with Crippen LogP contribution < -0.4 is 0 Å². The summed E-state index contributed by atoms with van der Waals surface area (Å²) in [7, 11) is 0. The van der Waals surface area contributed by atoms with Crippen molar-refractivity contribution in [3.05, 3.63) is 48.0 Å². The Labute approximate surface area is 117 Å². The Balaban J connectivity index is 2.11. The van der Waals surface area contributed by atoms with Gasteiger partial charge < -0.3 is 9.84 Å². The summed E-state index contributed by atoms with van der Waals surface area (Å²) in [5.74, 6) is 0.578. The van der Waals surface area contributed by atoms with Crippen molar-refractivity contribution in [2.24, 2.45) is 5.92 Å². The van der Waals surface area contributed by atoms with E-state index < -0.39 is 5.60 Å². The predicted octanol–water partition coefficient (Wildman–Crippen LogP) is 3.95. The van der Waals surface area contributed by atoms with E-state index >= 15 is 0 Å². The van der Waals surface area contributed by atoms with Crippen LogP contribution in [-0.4, -0.2) is 17.3 Å². The highest BCUT2D eigenvalue weighted by Gasteiger charge is 2.06. The predicted molar refractivity (Wildman–Crippen MR) is 79.9 cm³/mol. The molecule has 0 heterocycles. The quantitative estimate of drug-likeness (QED) is 0.568. The SMILES string of the molecule is CC(CC=CC(C)(C)O)CCOCc1ccccc1. The van der Waals surface area contributed by atoms with Gasteiger partial charge in [-0.3, -0.25) is 0 Å². The number of hydrogen-bond acceptors (Lipinski definition) is 2. The van der Waals surface area contributed by atoms with E-state index in [0.29, 0.717) is 12.5 Å². The molecule has 1 aromatic rings. The summed E-state index contributed by atoms with van der Waals surface area (Å²) < 4.78 is 5.66. The molecule has 1 N–H and O–H groups in total. The summed E-state index contributed by atoms with van der Waals surface area (Å²) >= 11 is 0. The van der Waals surface area contributed by atoms with E-state index in [1.165, 1.54) is 5.56 Å². The summed E-state index contributed by atoms with van der Waals surface area (Å²) in [5, 5.41) is 9.56. The minimum atomic E-state index is -0.705. The maximum Gasteiger partial charge on any atom is 0.0771 e. The molecule has 0 amide bonds. The Morgan fingerprint density at radius 2 is 1.95 bits per heavy atom. The van der Waals surface area contributed by atoms with Gasteiger partial charge in [-0.15, -0.1) is 0 Å². The fourth-order valence-electron chi connectivity index (χ4n) is 1.76. The second kappa shape index (κ2) is 8.13. The molecule has 0 radical (unpaired) electrons. The minimum Gasteiger partial charge on any atom is -0.386 e. The lowest BCUT2D eigenvalue weighted by atomic mass is 10.0. The molecule has 0 aliphatic heterocycles. The maximum atomic E-state index is 9.56. The van der Waals surface area contributed by atoms with Crippen LogP contribution >= 0.6 is 0 Å². The number of benzene rings is 1. The average molecular weight is 262 g/mol. The molecule has 0 spiro atoms. The van der Waals surface area contributed by atoms with Gasteiger partial charge >= 0.3 is 0 Å². The van der Waals surface area contributed by atoms with Gasteiger partial charge in [-0.25, -0.2) is 0 Å². The van der Waals surface area contributed by atoms with Crippen molar-refractivity contribution >= 4 is 0 Å². The first-order valence-electron chi connectivity index (χ1n) is 6.99. The molecule has 106 valence electrons. The molecule has 19 heavy (non-hydrogen) atoms. The lowest BCUT2D eigenvalue weighted by molar-refractivity contribution is 0.109. The number of rotatable bonds is 8. The topological polar surface area (TPSA) is 29.5 Å². The second-order valence-corrected chi connectivity index (χ2v) is 5.72. The molecule has 1 atom stereocenters. The first kappa shape index (κ1) is 15.9. The van der Waals surface area contributed by atoms with Crippen LogP contribution in [0.1, 0.15) is 39.2 Å². The van der Waals surface area contributed by atoms with Crippen LogP contribution in [0.4, 0.5) is 0 Å². The van der Waals surface area contributed by atoms with E-state index in [2.05, 4.69) is 25.1 Å². The van der Waals surface area contributed by atoms with Crippen LogP contribution in [-0.2, 0) is 11.3 Å². The number of ether oxygens (including phenoxy) is 1. The van der Waals surface area contributed by atoms with Crippen LogP contribution in [0.25, 0.3) is 0 Å². The average Bonchev–Trinajstić information content (AvgIpc) is 2.34. The number of aliphatic hydroxyl groups is 1. The fraction of sp³-hybridized carbons (Fsp3) is 0.529. The van der Waals surface area contributed by atoms with Gasteiger partial charge in [0.1, 0.15) is 0 Å². The summed E-state index contributed by atoms with van der Waals surface area (Å²) in [6, 6.07) is 10.2. The second-order valence-electron chi connectivity index (χ2n) is 5.72. The molecule has 0 saturated heterocycles. The van der Waals surface area contributed by atoms with E-state index in [9.17, 15) is 5.11 Å². The molecule has 0 aliphatic carbocycles. The first-order valence-corrected chi connectivity index (χ1v) is 6.99. The third kappa shape index (κ3) is 8.57. The van der Waals surface area contributed by atoms with Crippen molar-refractivity contribution in [1.82, 2.24) is 0 Å². The van der Waals surface area contributed by atoms with Crippen LogP contribution in [0.5, 0.6) is 0 Å². The lowest BCUT2D eigenvalue weighted by Crippen LogP contribution is -2.13. The lowest BCUT2D eigenvalue weighted by Gasteiger charge is -2.12. The van der Waals surface area contributed by atoms with Crippen LogP contribution in [0, 0.1) is 5.92 Å². The Hall–Kier alpha value is -1.12. The molecule has 0 aromatic heterocycles. The molecular weight excluding hydrogens is 236 g/mol. The van der Waals surface area contributed by atoms with Crippen molar-refractivity contribution < 1.29 is 9.84 Å². The zero-order valence-corrected chi connectivity index (χ0v) is 12.3. The molecule has 0 fully saturated rings. The Morgan fingerprint density at radius 3 is 2.58 bits per heavy atom. The van der Waals surface area contributed by atoms with Crippen LogP contribution in [0.2, 0.25) is 0 Å². The summed E-state index contributed by atoms with van der Waals surface area (Å²) in [4.78, 5) is 0. The Bertz CT molecular complexity index is 363. The third-order valence-corrected chi connectivity index (χ3v) is 2.93. The molecule has 0 saturated carbocycles. The largest absolute Gasteiger partial charge is 0.386 e. The highest BCUT2D eigenvalue weighted by atomic mass is 16.5. The van der Waals surface area contributed by atoms with Crippen molar-refractivity contribution in [2.45, 2.75) is 45.8 Å². The van der Waals surface area contributed by atoms with E-state index in [1.807, 2.05) is 24.3 Å². The van der Waals surface area contributed by atoms with E-state index in [4.69, 9.17) is 4.74 Å². The van der Waals surface area contributed by atoms with Gasteiger partial charge in [0.05, 0.1) is 12.2 Å². The summed E-state index contributed by atoms with van der Waals surface area (Å²) in [5.41, 5.74) is 0.515. The van der Waals surface area contributed by atoms with E-state index in [-0.39, 0.29) is 0 Å². The first-order chi connectivity index (χ1) is 8.97. The molecule has 0 aliphatic rings. The van der Waals surface area contributed by atoms with Crippen molar-refractivity contribution in [1.29, 1.82) is 0 Å².